The fraction of sp³-hybridized carbons (Fsp3) is 0.0667. The van der Waals surface area contributed by atoms with Crippen LogP contribution in [0.3, 0.4) is 0 Å². The van der Waals surface area contributed by atoms with E-state index in [1.54, 1.807) is 12.1 Å². The summed E-state index contributed by atoms with van der Waals surface area (Å²) in [6.45, 7) is 0. The molecule has 0 radical (unpaired) electrons. The number of rotatable bonds is 1. The molecule has 0 aliphatic carbocycles. The Balaban J connectivity index is 2.02. The van der Waals surface area contributed by atoms with Crippen LogP contribution in [0.15, 0.2) is 44.3 Å². The standard InChI is InChI=1S/C15H7BrN4O3S2/c16-6-3-1-5(2-4-6)7-8-10(21)17-14(24)19-12(8)23-13-9(7)11(22)18-15(25)20-13/h1-4,8H,(H,17,21,24)(H,18,22,25). The van der Waals surface area contributed by atoms with Crippen molar-refractivity contribution >= 4 is 79.8 Å². The Labute approximate surface area is 160 Å². The zero-order chi connectivity index (χ0) is 17.7. The largest absolute Gasteiger partial charge is 0.422 e. The van der Waals surface area contributed by atoms with Gasteiger partial charge in [0.05, 0.1) is 0 Å². The molecule has 4 rings (SSSR count). The molecule has 3 heterocycles. The predicted octanol–water partition coefficient (Wildman–Crippen LogP) is 1.48. The van der Waals surface area contributed by atoms with E-state index in [0.29, 0.717) is 11.1 Å². The number of nitrogens with zero attached hydrogens (tertiary/aromatic N) is 2. The summed E-state index contributed by atoms with van der Waals surface area (Å²) < 4.78 is 6.45. The van der Waals surface area contributed by atoms with Crippen molar-refractivity contribution in [3.05, 3.63) is 39.9 Å². The molecule has 124 valence electrons. The van der Waals surface area contributed by atoms with E-state index in [9.17, 15) is 9.59 Å². The van der Waals surface area contributed by atoms with Crippen LogP contribution in [-0.4, -0.2) is 33.8 Å². The highest BCUT2D eigenvalue weighted by molar-refractivity contribution is 9.10. The third-order valence-electron chi connectivity index (χ3n) is 3.73. The molecule has 0 saturated carbocycles. The van der Waals surface area contributed by atoms with Gasteiger partial charge in [0, 0.05) is 4.47 Å². The molecule has 1 aromatic carbocycles. The maximum atomic E-state index is 12.5. The van der Waals surface area contributed by atoms with Gasteiger partial charge >= 0.3 is 0 Å². The molecular formula is C15H7BrN4O3S2. The second kappa shape index (κ2) is 5.90. The number of ether oxygens (including phenoxy) is 1. The number of thiocarbonyl (C=S) groups is 2. The quantitative estimate of drug-likeness (QED) is 0.653. The second-order valence-corrected chi connectivity index (χ2v) is 6.94. The number of benzene rings is 1. The lowest BCUT2D eigenvalue weighted by atomic mass is 9.84. The number of carbonyl (C=O) groups excluding carboxylic acids is 2. The number of hydrogen-bond donors (Lipinski definition) is 2. The van der Waals surface area contributed by atoms with E-state index in [2.05, 4.69) is 36.5 Å². The molecular weight excluding hydrogens is 428 g/mol. The van der Waals surface area contributed by atoms with Crippen LogP contribution in [0.1, 0.15) is 5.56 Å². The average Bonchev–Trinajstić information content (AvgIpc) is 2.53. The highest BCUT2D eigenvalue weighted by Crippen LogP contribution is 2.36. The lowest BCUT2D eigenvalue weighted by molar-refractivity contribution is -0.120. The Morgan fingerprint density at radius 2 is 1.72 bits per heavy atom. The van der Waals surface area contributed by atoms with Crippen molar-refractivity contribution in [2.45, 2.75) is 0 Å². The zero-order valence-electron chi connectivity index (χ0n) is 12.2. The van der Waals surface area contributed by atoms with E-state index < -0.39 is 17.7 Å². The lowest BCUT2D eigenvalue weighted by Gasteiger charge is -2.32. The Kier molecular flexibility index (Phi) is 3.82. The molecule has 1 aromatic rings. The Morgan fingerprint density at radius 3 is 2.44 bits per heavy atom. The van der Waals surface area contributed by atoms with E-state index in [0.717, 1.165) is 4.47 Å². The zero-order valence-corrected chi connectivity index (χ0v) is 15.4. The van der Waals surface area contributed by atoms with E-state index in [4.69, 9.17) is 29.2 Å². The molecule has 25 heavy (non-hydrogen) atoms. The van der Waals surface area contributed by atoms with Crippen LogP contribution in [0, 0.1) is 5.92 Å². The molecule has 0 fully saturated rings. The van der Waals surface area contributed by atoms with E-state index in [1.807, 2.05) is 12.1 Å². The number of aliphatic imine (C=N–C) groups is 2. The van der Waals surface area contributed by atoms with Crippen LogP contribution in [0.2, 0.25) is 0 Å². The summed E-state index contributed by atoms with van der Waals surface area (Å²) in [7, 11) is 0. The third kappa shape index (κ3) is 2.71. The maximum Gasteiger partial charge on any atom is 0.263 e. The first kappa shape index (κ1) is 16.2. The lowest BCUT2D eigenvalue weighted by Crippen LogP contribution is -2.50. The number of fused-ring (bicyclic) bond motifs is 2. The normalized spacial score (nSPS) is 22.2. The second-order valence-electron chi connectivity index (χ2n) is 5.25. The van der Waals surface area contributed by atoms with Crippen molar-refractivity contribution in [2.24, 2.45) is 15.9 Å². The monoisotopic (exact) mass is 434 g/mol. The highest BCUT2D eigenvalue weighted by Gasteiger charge is 2.45. The van der Waals surface area contributed by atoms with Gasteiger partial charge < -0.3 is 10.1 Å². The van der Waals surface area contributed by atoms with Crippen molar-refractivity contribution in [2.75, 3.05) is 0 Å². The smallest absolute Gasteiger partial charge is 0.263 e. The first-order valence-corrected chi connectivity index (χ1v) is 8.61. The van der Waals surface area contributed by atoms with Gasteiger partial charge in [-0.25, -0.2) is 0 Å². The number of nitrogens with one attached hydrogen (secondary N) is 2. The average molecular weight is 435 g/mol. The van der Waals surface area contributed by atoms with Crippen molar-refractivity contribution < 1.29 is 14.3 Å². The van der Waals surface area contributed by atoms with Crippen LogP contribution < -0.4 is 10.6 Å². The molecule has 3 aliphatic heterocycles. The van der Waals surface area contributed by atoms with Crippen LogP contribution >= 0.6 is 40.4 Å². The minimum Gasteiger partial charge on any atom is -0.422 e. The summed E-state index contributed by atoms with van der Waals surface area (Å²) in [6, 6.07) is 7.19. The van der Waals surface area contributed by atoms with Crippen molar-refractivity contribution in [1.82, 2.24) is 10.6 Å². The number of carbonyl (C=O) groups is 2. The van der Waals surface area contributed by atoms with Crippen LogP contribution in [-0.2, 0) is 14.3 Å². The summed E-state index contributed by atoms with van der Waals surface area (Å²) in [5.74, 6) is -1.71. The molecule has 0 bridgehead atoms. The summed E-state index contributed by atoms with van der Waals surface area (Å²) >= 11 is 13.3. The van der Waals surface area contributed by atoms with Gasteiger partial charge in [-0.05, 0) is 47.7 Å². The van der Waals surface area contributed by atoms with Crippen molar-refractivity contribution in [3.8, 4) is 0 Å². The molecule has 1 atom stereocenters. The fourth-order valence-corrected chi connectivity index (χ4v) is 3.38. The van der Waals surface area contributed by atoms with Crippen molar-refractivity contribution in [1.29, 1.82) is 0 Å². The summed E-state index contributed by atoms with van der Waals surface area (Å²) in [6.07, 6.45) is 0. The maximum absolute atomic E-state index is 12.5. The summed E-state index contributed by atoms with van der Waals surface area (Å²) in [4.78, 5) is 33.2. The minimum absolute atomic E-state index is 0.00158. The van der Waals surface area contributed by atoms with Crippen LogP contribution in [0.4, 0.5) is 0 Å². The van der Waals surface area contributed by atoms with Gasteiger partial charge in [0.2, 0.25) is 27.9 Å². The molecule has 1 unspecified atom stereocenters. The van der Waals surface area contributed by atoms with Gasteiger partial charge in [-0.15, -0.1) is 0 Å². The topological polar surface area (TPSA) is 92.2 Å². The number of halogens is 1. The fourth-order valence-electron chi connectivity index (χ4n) is 2.75. The van der Waals surface area contributed by atoms with Crippen LogP contribution in [0.5, 0.6) is 0 Å². The molecule has 3 aliphatic rings. The van der Waals surface area contributed by atoms with Gasteiger partial charge in [-0.1, -0.05) is 28.1 Å². The Hall–Kier alpha value is -2.30. The van der Waals surface area contributed by atoms with Gasteiger partial charge in [0.15, 0.2) is 0 Å². The highest BCUT2D eigenvalue weighted by atomic mass is 79.9. The molecule has 0 saturated heterocycles. The van der Waals surface area contributed by atoms with E-state index in [-0.39, 0.29) is 27.6 Å². The number of hydrogen-bond acceptors (Lipinski definition) is 5. The number of amides is 2. The van der Waals surface area contributed by atoms with E-state index in [1.165, 1.54) is 0 Å². The molecule has 7 nitrogen and oxygen atoms in total. The minimum atomic E-state index is -0.903. The van der Waals surface area contributed by atoms with E-state index >= 15 is 0 Å². The molecule has 2 amide bonds. The van der Waals surface area contributed by atoms with Gasteiger partial charge in [0.1, 0.15) is 11.5 Å². The van der Waals surface area contributed by atoms with Gasteiger partial charge in [0.25, 0.3) is 5.91 Å². The van der Waals surface area contributed by atoms with Gasteiger partial charge in [-0.3, -0.25) is 14.9 Å². The Morgan fingerprint density at radius 1 is 1.04 bits per heavy atom. The summed E-state index contributed by atoms with van der Waals surface area (Å²) in [5.41, 5.74) is 1.26. The van der Waals surface area contributed by atoms with Crippen LogP contribution in [0.25, 0.3) is 5.57 Å². The SMILES string of the molecule is O=C1NC(=S)N=C2OC3=NC(=S)NC(=O)C3C(c3ccc(Br)cc3)=C12. The Bertz CT molecular complexity index is 965. The van der Waals surface area contributed by atoms with Crippen molar-refractivity contribution in [3.63, 3.8) is 0 Å². The van der Waals surface area contributed by atoms with Gasteiger partial charge in [-0.2, -0.15) is 9.98 Å². The molecule has 0 aromatic heterocycles. The predicted molar refractivity (Wildman–Crippen MR) is 102 cm³/mol. The molecule has 2 N–H and O–H groups in total. The molecule has 0 spiro atoms. The molecule has 10 heteroatoms. The first-order valence-electron chi connectivity index (χ1n) is 7.00. The first-order chi connectivity index (χ1) is 11.9. The summed E-state index contributed by atoms with van der Waals surface area (Å²) in [5, 5.41) is 4.95. The third-order valence-corrected chi connectivity index (χ3v) is 4.65.